The number of hydrogen-bond acceptors (Lipinski definition) is 3. The highest BCUT2D eigenvalue weighted by Crippen LogP contribution is 2.26. The van der Waals surface area contributed by atoms with Crippen LogP contribution in [0.5, 0.6) is 5.75 Å². The van der Waals surface area contributed by atoms with Crippen molar-refractivity contribution < 1.29 is 22.7 Å². The molecule has 1 aromatic heterocycles. The largest absolute Gasteiger partial charge is 0.482 e. The maximum atomic E-state index is 12.3. The molecule has 0 aliphatic rings. The maximum Gasteiger partial charge on any atom is 0.422 e. The first-order valence-corrected chi connectivity index (χ1v) is 8.08. The first-order chi connectivity index (χ1) is 12.9. The third kappa shape index (κ3) is 5.34. The number of anilines is 1. The fourth-order valence-electron chi connectivity index (χ4n) is 2.41. The number of halogens is 3. The molecule has 0 saturated carbocycles. The van der Waals surface area contributed by atoms with Gasteiger partial charge in [0.25, 0.3) is 0 Å². The Kier molecular flexibility index (Phi) is 5.44. The molecular formula is C19H16F3N3O2. The normalized spacial score (nSPS) is 11.2. The quantitative estimate of drug-likeness (QED) is 0.709. The van der Waals surface area contributed by atoms with E-state index in [-0.39, 0.29) is 23.8 Å². The monoisotopic (exact) mass is 375 g/mol. The molecular weight excluding hydrogens is 359 g/mol. The number of rotatable bonds is 6. The van der Waals surface area contributed by atoms with Crippen LogP contribution in [0.2, 0.25) is 0 Å². The van der Waals surface area contributed by atoms with Gasteiger partial charge in [-0.15, -0.1) is 0 Å². The molecule has 3 rings (SSSR count). The molecule has 3 aromatic rings. The lowest BCUT2D eigenvalue weighted by Gasteiger charge is -2.13. The van der Waals surface area contributed by atoms with Crippen molar-refractivity contribution in [1.29, 1.82) is 0 Å². The number of carbonyl (C=O) groups is 1. The van der Waals surface area contributed by atoms with Crippen molar-refractivity contribution in [3.05, 3.63) is 72.6 Å². The molecule has 0 fully saturated rings. The highest BCUT2D eigenvalue weighted by Gasteiger charge is 2.28. The number of nitrogens with zero attached hydrogens (tertiary/aromatic N) is 2. The minimum absolute atomic E-state index is 0.0282. The number of para-hydroxylation sites is 3. The zero-order valence-electron chi connectivity index (χ0n) is 14.1. The summed E-state index contributed by atoms with van der Waals surface area (Å²) in [5.41, 5.74) is 1.71. The topological polar surface area (TPSA) is 56.2 Å². The van der Waals surface area contributed by atoms with E-state index in [1.54, 1.807) is 23.1 Å². The van der Waals surface area contributed by atoms with E-state index in [0.29, 0.717) is 5.56 Å². The van der Waals surface area contributed by atoms with Gasteiger partial charge < -0.3 is 10.1 Å². The summed E-state index contributed by atoms with van der Waals surface area (Å²) in [5, 5.41) is 6.78. The summed E-state index contributed by atoms with van der Waals surface area (Å²) in [6.07, 6.45) is -1.14. The minimum atomic E-state index is -4.46. The predicted molar refractivity (Wildman–Crippen MR) is 93.9 cm³/mol. The summed E-state index contributed by atoms with van der Waals surface area (Å²) in [5.74, 6) is -0.422. The van der Waals surface area contributed by atoms with E-state index in [1.807, 2.05) is 30.3 Å². The Morgan fingerprint density at radius 1 is 1.07 bits per heavy atom. The van der Waals surface area contributed by atoms with Crippen LogP contribution >= 0.6 is 0 Å². The molecule has 8 heteroatoms. The van der Waals surface area contributed by atoms with Crippen LogP contribution in [0.25, 0.3) is 5.69 Å². The summed E-state index contributed by atoms with van der Waals surface area (Å²) in [4.78, 5) is 12.3. The zero-order valence-corrected chi connectivity index (χ0v) is 14.1. The van der Waals surface area contributed by atoms with Gasteiger partial charge in [-0.25, -0.2) is 4.68 Å². The van der Waals surface area contributed by atoms with Gasteiger partial charge in [-0.1, -0.05) is 30.3 Å². The van der Waals surface area contributed by atoms with Crippen LogP contribution in [0.4, 0.5) is 18.9 Å². The number of amides is 1. The molecule has 1 amide bonds. The van der Waals surface area contributed by atoms with Gasteiger partial charge in [-0.3, -0.25) is 4.79 Å². The van der Waals surface area contributed by atoms with Crippen molar-refractivity contribution in [3.8, 4) is 11.4 Å². The molecule has 0 unspecified atom stereocenters. The first-order valence-electron chi connectivity index (χ1n) is 8.08. The molecule has 0 saturated heterocycles. The minimum Gasteiger partial charge on any atom is -0.482 e. The van der Waals surface area contributed by atoms with Gasteiger partial charge in [0.2, 0.25) is 5.91 Å². The van der Waals surface area contributed by atoms with E-state index in [2.05, 4.69) is 10.4 Å². The SMILES string of the molecule is O=C(Cc1cnn(-c2ccccc2)c1)Nc1ccccc1OCC(F)(F)F. The van der Waals surface area contributed by atoms with Crippen LogP contribution < -0.4 is 10.1 Å². The predicted octanol–water partition coefficient (Wildman–Crippen LogP) is 3.99. The Labute approximate surface area is 153 Å². The molecule has 0 bridgehead atoms. The van der Waals surface area contributed by atoms with Crippen LogP contribution in [-0.4, -0.2) is 28.5 Å². The average molecular weight is 375 g/mol. The number of carbonyl (C=O) groups excluding carboxylic acids is 1. The molecule has 0 aliphatic heterocycles. The molecule has 140 valence electrons. The van der Waals surface area contributed by atoms with E-state index in [9.17, 15) is 18.0 Å². The van der Waals surface area contributed by atoms with Crippen molar-refractivity contribution in [1.82, 2.24) is 9.78 Å². The van der Waals surface area contributed by atoms with Crippen LogP contribution in [0, 0.1) is 0 Å². The zero-order chi connectivity index (χ0) is 19.3. The van der Waals surface area contributed by atoms with E-state index in [1.165, 1.54) is 18.2 Å². The fourth-order valence-corrected chi connectivity index (χ4v) is 2.41. The molecule has 0 aliphatic carbocycles. The highest BCUT2D eigenvalue weighted by atomic mass is 19.4. The van der Waals surface area contributed by atoms with Crippen LogP contribution in [-0.2, 0) is 11.2 Å². The van der Waals surface area contributed by atoms with E-state index < -0.39 is 12.8 Å². The van der Waals surface area contributed by atoms with Gasteiger partial charge in [-0.2, -0.15) is 18.3 Å². The number of alkyl halides is 3. The van der Waals surface area contributed by atoms with Crippen molar-refractivity contribution in [2.75, 3.05) is 11.9 Å². The molecule has 0 spiro atoms. The van der Waals surface area contributed by atoms with Crippen molar-refractivity contribution in [3.63, 3.8) is 0 Å². The highest BCUT2D eigenvalue weighted by molar-refractivity contribution is 5.93. The number of hydrogen-bond donors (Lipinski definition) is 1. The summed E-state index contributed by atoms with van der Waals surface area (Å²) >= 11 is 0. The second-order valence-electron chi connectivity index (χ2n) is 5.75. The number of benzene rings is 2. The molecule has 5 nitrogen and oxygen atoms in total. The van der Waals surface area contributed by atoms with Gasteiger partial charge >= 0.3 is 6.18 Å². The third-order valence-electron chi connectivity index (χ3n) is 3.57. The van der Waals surface area contributed by atoms with E-state index >= 15 is 0 Å². The van der Waals surface area contributed by atoms with Gasteiger partial charge in [0, 0.05) is 6.20 Å². The molecule has 0 atom stereocenters. The Morgan fingerprint density at radius 2 is 1.78 bits per heavy atom. The van der Waals surface area contributed by atoms with Gasteiger partial charge in [-0.05, 0) is 29.8 Å². The first kappa shape index (κ1) is 18.5. The smallest absolute Gasteiger partial charge is 0.422 e. The van der Waals surface area contributed by atoms with Gasteiger partial charge in [0.1, 0.15) is 5.75 Å². The lowest BCUT2D eigenvalue weighted by atomic mass is 10.2. The second-order valence-corrected chi connectivity index (χ2v) is 5.75. The Morgan fingerprint density at radius 3 is 2.52 bits per heavy atom. The van der Waals surface area contributed by atoms with Crippen molar-refractivity contribution in [2.45, 2.75) is 12.6 Å². The number of aromatic nitrogens is 2. The van der Waals surface area contributed by atoms with E-state index in [4.69, 9.17) is 4.74 Å². The lowest BCUT2D eigenvalue weighted by molar-refractivity contribution is -0.153. The average Bonchev–Trinajstić information content (AvgIpc) is 3.09. The van der Waals surface area contributed by atoms with Crippen molar-refractivity contribution >= 4 is 11.6 Å². The van der Waals surface area contributed by atoms with Gasteiger partial charge in [0.15, 0.2) is 6.61 Å². The molecule has 2 aromatic carbocycles. The molecule has 0 radical (unpaired) electrons. The van der Waals surface area contributed by atoms with Gasteiger partial charge in [0.05, 0.1) is 24.0 Å². The number of ether oxygens (including phenoxy) is 1. The Hall–Kier alpha value is -3.29. The molecule has 1 N–H and O–H groups in total. The van der Waals surface area contributed by atoms with Crippen molar-refractivity contribution in [2.24, 2.45) is 0 Å². The Balaban J connectivity index is 1.64. The van der Waals surface area contributed by atoms with Crippen LogP contribution in [0.3, 0.4) is 0 Å². The lowest BCUT2D eigenvalue weighted by Crippen LogP contribution is -2.20. The molecule has 1 heterocycles. The maximum absolute atomic E-state index is 12.3. The molecule has 27 heavy (non-hydrogen) atoms. The summed E-state index contributed by atoms with van der Waals surface area (Å²) in [6, 6.07) is 15.4. The Bertz CT molecular complexity index is 908. The summed E-state index contributed by atoms with van der Waals surface area (Å²) < 4.78 is 43.4. The third-order valence-corrected chi connectivity index (χ3v) is 3.57. The van der Waals surface area contributed by atoms with Crippen LogP contribution in [0.1, 0.15) is 5.56 Å². The summed E-state index contributed by atoms with van der Waals surface area (Å²) in [7, 11) is 0. The second kappa shape index (κ2) is 7.94. The number of nitrogens with one attached hydrogen (secondary N) is 1. The van der Waals surface area contributed by atoms with Crippen LogP contribution in [0.15, 0.2) is 67.0 Å². The fraction of sp³-hybridized carbons (Fsp3) is 0.158. The standard InChI is InChI=1S/C19H16F3N3O2/c20-19(21,22)13-27-17-9-5-4-8-16(17)24-18(26)10-14-11-23-25(12-14)15-6-2-1-3-7-15/h1-9,11-12H,10,13H2,(H,24,26). The van der Waals surface area contributed by atoms with E-state index in [0.717, 1.165) is 5.69 Å². The summed E-state index contributed by atoms with van der Waals surface area (Å²) in [6.45, 7) is -1.43.